The summed E-state index contributed by atoms with van der Waals surface area (Å²) in [6, 6.07) is 0. The Hall–Kier alpha value is -4.61. The van der Waals surface area contributed by atoms with Crippen LogP contribution >= 0.6 is 0 Å². The first-order valence-electron chi connectivity index (χ1n) is 18.6. The first-order chi connectivity index (χ1) is 24.9. The molecule has 6 rings (SSSR count). The highest BCUT2D eigenvalue weighted by molar-refractivity contribution is 6.04. The van der Waals surface area contributed by atoms with E-state index in [1.54, 1.807) is 0 Å². The Morgan fingerprint density at radius 3 is 1.36 bits per heavy atom. The van der Waals surface area contributed by atoms with Crippen LogP contribution in [-0.2, 0) is 0 Å². The SMILES string of the molecule is C1=NCCCCCCCN=C/C2=C/NCCN/C=C(C=NCCCCCCCN=C/C3=C/NCCN=CC1=CNCCN=C3)\C=C/NCC=N2. The molecule has 0 spiro atoms. The van der Waals surface area contributed by atoms with Crippen LogP contribution in [0.15, 0.2) is 94.4 Å². The summed E-state index contributed by atoms with van der Waals surface area (Å²) in [5.41, 5.74) is 3.79. The molecule has 0 aliphatic carbocycles. The van der Waals surface area contributed by atoms with Gasteiger partial charge in [0.1, 0.15) is 0 Å². The maximum absolute atomic E-state index is 4.67. The van der Waals surface area contributed by atoms with Gasteiger partial charge in [-0.3, -0.25) is 34.9 Å². The van der Waals surface area contributed by atoms with Crippen molar-refractivity contribution in [3.8, 4) is 0 Å². The van der Waals surface area contributed by atoms with Gasteiger partial charge in [-0.15, -0.1) is 0 Å². The smallest absolute Gasteiger partial charge is 0.0960 e. The maximum Gasteiger partial charge on any atom is 0.0960 e. The molecule has 4 bridgehead atoms. The Morgan fingerprint density at radius 1 is 0.380 bits per heavy atom. The highest BCUT2D eigenvalue weighted by Gasteiger charge is 1.97. The van der Waals surface area contributed by atoms with Crippen LogP contribution in [0.1, 0.15) is 64.2 Å². The summed E-state index contributed by atoms with van der Waals surface area (Å²) in [5, 5.41) is 16.7. The Morgan fingerprint density at radius 2 is 0.800 bits per heavy atom. The molecule has 0 aromatic heterocycles. The predicted molar refractivity (Wildman–Crippen MR) is 216 cm³/mol. The molecule has 0 fully saturated rings. The highest BCUT2D eigenvalue weighted by Crippen LogP contribution is 2.05. The molecule has 6 aliphatic rings. The molecule has 0 saturated carbocycles. The molecular weight excluding hydrogens is 625 g/mol. The van der Waals surface area contributed by atoms with E-state index in [0.717, 1.165) is 113 Å². The van der Waals surface area contributed by atoms with Crippen molar-refractivity contribution in [3.63, 3.8) is 0 Å². The second kappa shape index (κ2) is 29.3. The average molecular weight is 685 g/mol. The molecule has 272 valence electrons. The zero-order valence-corrected chi connectivity index (χ0v) is 30.0. The summed E-state index contributed by atoms with van der Waals surface area (Å²) in [7, 11) is 0. The highest BCUT2D eigenvalue weighted by atomic mass is 14.9. The minimum absolute atomic E-state index is 0.625. The topological polar surface area (TPSA) is 147 Å². The molecular formula is C38H60N12. The third kappa shape index (κ3) is 22.1. The molecule has 0 aromatic carbocycles. The number of nitrogens with one attached hydrogen (secondary N) is 5. The standard InChI is InChI=1S/C38H60N12/c1-3-7-12-40-25-35-11-16-39-23-24-50-38(34-49-22-21-44-26-35)33-43-15-10-6-2-5-9-14-42-28-37-31-47-19-17-45-29-36(27-41-13-8-4-1)30-46-18-20-48-32-37/h11,16,24-34,39,44-45,48-49H,1-10,12-15,17-23H2/b16-11-,35-26+,36-29-,37-32?,38-34-,40-25?,41-27?,42-28?,43-33?,46-30?,47-31?,50-24?. The van der Waals surface area contributed by atoms with Gasteiger partial charge in [0.05, 0.1) is 18.8 Å². The van der Waals surface area contributed by atoms with Gasteiger partial charge in [0.2, 0.25) is 0 Å². The van der Waals surface area contributed by atoms with E-state index in [1.807, 2.05) is 80.6 Å². The number of hydrogen-bond acceptors (Lipinski definition) is 12. The van der Waals surface area contributed by atoms with E-state index < -0.39 is 0 Å². The van der Waals surface area contributed by atoms with Crippen molar-refractivity contribution in [2.75, 3.05) is 72.0 Å². The Kier molecular flexibility index (Phi) is 23.4. The zero-order valence-electron chi connectivity index (χ0n) is 30.0. The Labute approximate surface area is 300 Å². The van der Waals surface area contributed by atoms with Gasteiger partial charge in [-0.2, -0.15) is 0 Å². The molecule has 0 aromatic rings. The second-order valence-corrected chi connectivity index (χ2v) is 12.1. The summed E-state index contributed by atoms with van der Waals surface area (Å²) in [6.45, 7) is 8.26. The molecule has 0 unspecified atom stereocenters. The monoisotopic (exact) mass is 685 g/mol. The number of rotatable bonds is 0. The van der Waals surface area contributed by atoms with Crippen molar-refractivity contribution >= 4 is 43.5 Å². The molecule has 6 heterocycles. The van der Waals surface area contributed by atoms with Gasteiger partial charge in [-0.05, 0) is 38.0 Å². The number of allylic oxidation sites excluding steroid dienone is 5. The Bertz CT molecular complexity index is 1150. The zero-order chi connectivity index (χ0) is 34.8. The summed E-state index contributed by atoms with van der Waals surface area (Å²) >= 11 is 0. The fraction of sp³-hybridized carbons (Fsp3) is 0.553. The van der Waals surface area contributed by atoms with Crippen molar-refractivity contribution in [1.82, 2.24) is 26.6 Å². The minimum atomic E-state index is 0.625. The molecule has 6 aliphatic heterocycles. The number of nitrogens with zero attached hydrogens (tertiary/aromatic N) is 7. The predicted octanol–water partition coefficient (Wildman–Crippen LogP) is 4.38. The Balaban J connectivity index is 1.57. The van der Waals surface area contributed by atoms with E-state index in [0.29, 0.717) is 19.6 Å². The van der Waals surface area contributed by atoms with E-state index in [4.69, 9.17) is 0 Å². The van der Waals surface area contributed by atoms with E-state index >= 15 is 0 Å². The lowest BCUT2D eigenvalue weighted by molar-refractivity contribution is 0.625. The fourth-order valence-corrected chi connectivity index (χ4v) is 4.91. The number of hydrogen-bond donors (Lipinski definition) is 5. The van der Waals surface area contributed by atoms with Gasteiger partial charge < -0.3 is 26.6 Å². The van der Waals surface area contributed by atoms with Gasteiger partial charge in [0, 0.05) is 144 Å². The molecule has 5 N–H and O–H groups in total. The van der Waals surface area contributed by atoms with Crippen LogP contribution in [0, 0.1) is 0 Å². The van der Waals surface area contributed by atoms with Gasteiger partial charge >= 0.3 is 0 Å². The van der Waals surface area contributed by atoms with Gasteiger partial charge in [0.25, 0.3) is 0 Å². The lowest BCUT2D eigenvalue weighted by atomic mass is 10.1. The molecule has 0 amide bonds. The van der Waals surface area contributed by atoms with Crippen molar-refractivity contribution in [2.24, 2.45) is 34.9 Å². The normalized spacial score (nSPS) is 24.7. The van der Waals surface area contributed by atoms with Crippen LogP contribution in [0.3, 0.4) is 0 Å². The van der Waals surface area contributed by atoms with E-state index in [9.17, 15) is 0 Å². The fourth-order valence-electron chi connectivity index (χ4n) is 4.91. The van der Waals surface area contributed by atoms with E-state index in [-0.39, 0.29) is 0 Å². The van der Waals surface area contributed by atoms with Crippen molar-refractivity contribution in [2.45, 2.75) is 64.2 Å². The van der Waals surface area contributed by atoms with E-state index in [1.165, 1.54) is 25.7 Å². The van der Waals surface area contributed by atoms with Crippen LogP contribution < -0.4 is 26.6 Å². The molecule has 12 nitrogen and oxygen atoms in total. The van der Waals surface area contributed by atoms with Crippen LogP contribution in [0.4, 0.5) is 0 Å². The molecule has 12 heteroatoms. The molecule has 50 heavy (non-hydrogen) atoms. The van der Waals surface area contributed by atoms with Gasteiger partial charge in [-0.1, -0.05) is 38.5 Å². The van der Waals surface area contributed by atoms with Gasteiger partial charge in [0.15, 0.2) is 0 Å². The lowest BCUT2D eigenvalue weighted by Crippen LogP contribution is -2.21. The lowest BCUT2D eigenvalue weighted by Gasteiger charge is -2.05. The summed E-state index contributed by atoms with van der Waals surface area (Å²) < 4.78 is 0. The van der Waals surface area contributed by atoms with Crippen molar-refractivity contribution < 1.29 is 0 Å². The van der Waals surface area contributed by atoms with Crippen LogP contribution in [-0.4, -0.2) is 115 Å². The van der Waals surface area contributed by atoms with Gasteiger partial charge in [-0.25, -0.2) is 0 Å². The van der Waals surface area contributed by atoms with Crippen LogP contribution in [0.25, 0.3) is 0 Å². The summed E-state index contributed by atoms with van der Waals surface area (Å²) in [6.07, 6.45) is 36.5. The third-order valence-corrected chi connectivity index (χ3v) is 7.66. The van der Waals surface area contributed by atoms with Crippen molar-refractivity contribution in [3.05, 3.63) is 59.5 Å². The van der Waals surface area contributed by atoms with Crippen LogP contribution in [0.2, 0.25) is 0 Å². The van der Waals surface area contributed by atoms with Crippen LogP contribution in [0.5, 0.6) is 0 Å². The maximum atomic E-state index is 4.67. The third-order valence-electron chi connectivity index (χ3n) is 7.66. The largest absolute Gasteiger partial charge is 0.389 e. The average Bonchev–Trinajstić information content (AvgIpc) is 3.12. The van der Waals surface area contributed by atoms with Crippen molar-refractivity contribution in [1.29, 1.82) is 0 Å². The summed E-state index contributed by atoms with van der Waals surface area (Å²) in [5.74, 6) is 0. The molecule has 0 saturated heterocycles. The summed E-state index contributed by atoms with van der Waals surface area (Å²) in [4.78, 5) is 32.4. The quantitative estimate of drug-likeness (QED) is 0.257. The second-order valence-electron chi connectivity index (χ2n) is 12.1. The first kappa shape index (κ1) is 39.8. The first-order valence-corrected chi connectivity index (χ1v) is 18.6. The molecule has 0 radical (unpaired) electrons. The van der Waals surface area contributed by atoms with E-state index in [2.05, 4.69) is 61.5 Å². The molecule has 0 atom stereocenters. The minimum Gasteiger partial charge on any atom is -0.389 e. The number of aliphatic imine (C=N–C) groups is 7.